The van der Waals surface area contributed by atoms with E-state index in [1.54, 1.807) is 30.6 Å². The molecule has 1 aromatic carbocycles. The molecule has 0 saturated heterocycles. The number of pyridine rings is 1. The normalized spacial score (nSPS) is 15.0. The molecule has 0 aliphatic carbocycles. The van der Waals surface area contributed by atoms with Crippen LogP contribution < -0.4 is 0 Å². The number of nitrogens with zero attached hydrogens (tertiary/aromatic N) is 1. The van der Waals surface area contributed by atoms with Crippen LogP contribution in [0.5, 0.6) is 0 Å². The highest BCUT2D eigenvalue weighted by Gasteiger charge is 2.41. The third-order valence-corrected chi connectivity index (χ3v) is 10.0. The molecule has 2 unspecified atom stereocenters. The Labute approximate surface area is 161 Å². The van der Waals surface area contributed by atoms with E-state index in [2.05, 4.69) is 38.8 Å². The molecule has 25 heavy (non-hydrogen) atoms. The van der Waals surface area contributed by atoms with Gasteiger partial charge in [0.05, 0.1) is 10.0 Å². The summed E-state index contributed by atoms with van der Waals surface area (Å²) in [5.74, 6) is 0. The molecular weight excluding hydrogens is 373 g/mol. The highest BCUT2D eigenvalue weighted by Crippen LogP contribution is 2.43. The molecule has 1 heterocycles. The van der Waals surface area contributed by atoms with Gasteiger partial charge < -0.3 is 9.53 Å². The molecule has 0 fully saturated rings. The Balaban J connectivity index is 2.42. The van der Waals surface area contributed by atoms with Crippen LogP contribution in [0.2, 0.25) is 28.2 Å². The van der Waals surface area contributed by atoms with Crippen molar-refractivity contribution >= 4 is 31.5 Å². The maximum absolute atomic E-state index is 11.1. The largest absolute Gasteiger partial charge is 0.407 e. The summed E-state index contributed by atoms with van der Waals surface area (Å²) in [5, 5.41) is 12.0. The number of aromatic nitrogens is 1. The number of aliphatic hydroxyl groups excluding tert-OH is 1. The average Bonchev–Trinajstić information content (AvgIpc) is 2.54. The van der Waals surface area contributed by atoms with Crippen LogP contribution >= 0.6 is 23.2 Å². The lowest BCUT2D eigenvalue weighted by Gasteiger charge is -2.40. The minimum atomic E-state index is -2.11. The van der Waals surface area contributed by atoms with Gasteiger partial charge in [-0.3, -0.25) is 4.98 Å². The molecule has 3 nitrogen and oxygen atoms in total. The summed E-state index contributed by atoms with van der Waals surface area (Å²) in [5.41, 5.74) is 1.56. The molecule has 0 bridgehead atoms. The van der Waals surface area contributed by atoms with Gasteiger partial charge in [0.15, 0.2) is 8.32 Å². The third kappa shape index (κ3) is 4.83. The summed E-state index contributed by atoms with van der Waals surface area (Å²) in [6, 6.07) is 8.91. The van der Waals surface area contributed by atoms with E-state index >= 15 is 0 Å². The van der Waals surface area contributed by atoms with E-state index in [1.807, 2.05) is 12.1 Å². The lowest BCUT2D eigenvalue weighted by Crippen LogP contribution is -2.42. The van der Waals surface area contributed by atoms with Gasteiger partial charge >= 0.3 is 0 Å². The monoisotopic (exact) mass is 397 g/mol. The first kappa shape index (κ1) is 20.4. The first-order valence-corrected chi connectivity index (χ1v) is 11.9. The fourth-order valence-corrected chi connectivity index (χ4v) is 3.79. The second-order valence-electron chi connectivity index (χ2n) is 7.70. The summed E-state index contributed by atoms with van der Waals surface area (Å²) < 4.78 is 6.56. The first-order valence-electron chi connectivity index (χ1n) is 8.24. The molecule has 6 heteroatoms. The second-order valence-corrected chi connectivity index (χ2v) is 13.3. The Morgan fingerprint density at radius 1 is 1.00 bits per heavy atom. The smallest absolute Gasteiger partial charge is 0.193 e. The average molecular weight is 398 g/mol. The number of halogens is 2. The van der Waals surface area contributed by atoms with Crippen molar-refractivity contribution in [3.8, 4) is 0 Å². The molecule has 2 aromatic rings. The van der Waals surface area contributed by atoms with Crippen molar-refractivity contribution in [1.29, 1.82) is 0 Å². The first-order chi connectivity index (χ1) is 11.5. The fourth-order valence-electron chi connectivity index (χ4n) is 2.23. The Kier molecular flexibility index (Phi) is 6.34. The van der Waals surface area contributed by atoms with Crippen LogP contribution in [0.1, 0.15) is 44.1 Å². The van der Waals surface area contributed by atoms with Crippen LogP contribution in [0.15, 0.2) is 42.7 Å². The minimum absolute atomic E-state index is 0.0235. The minimum Gasteiger partial charge on any atom is -0.407 e. The van der Waals surface area contributed by atoms with Gasteiger partial charge in [0.1, 0.15) is 12.2 Å². The number of rotatable bonds is 5. The van der Waals surface area contributed by atoms with E-state index in [9.17, 15) is 5.11 Å². The zero-order valence-electron chi connectivity index (χ0n) is 15.3. The number of hydrogen-bond acceptors (Lipinski definition) is 3. The number of benzene rings is 1. The third-order valence-electron chi connectivity index (χ3n) is 4.83. The molecule has 1 N–H and O–H groups in total. The number of hydrogen-bond donors (Lipinski definition) is 1. The van der Waals surface area contributed by atoms with Crippen LogP contribution in [0.3, 0.4) is 0 Å². The van der Waals surface area contributed by atoms with Gasteiger partial charge in [-0.05, 0) is 53.5 Å². The van der Waals surface area contributed by atoms with Gasteiger partial charge in [0.2, 0.25) is 0 Å². The Morgan fingerprint density at radius 2 is 1.60 bits per heavy atom. The molecule has 2 atom stereocenters. The quantitative estimate of drug-likeness (QED) is 0.611. The van der Waals surface area contributed by atoms with E-state index in [0.717, 1.165) is 5.56 Å². The van der Waals surface area contributed by atoms with Crippen LogP contribution in [-0.2, 0) is 4.43 Å². The van der Waals surface area contributed by atoms with E-state index in [1.165, 1.54) is 0 Å². The molecule has 0 aliphatic rings. The molecule has 0 spiro atoms. The van der Waals surface area contributed by atoms with Crippen LogP contribution in [0.4, 0.5) is 0 Å². The SMILES string of the molecule is CC(C)(C)[Si](C)(C)OC(c1ccncc1)C(O)c1ccc(Cl)c(Cl)c1. The lowest BCUT2D eigenvalue weighted by molar-refractivity contribution is 0.0253. The molecule has 136 valence electrons. The Bertz CT molecular complexity index is 717. The Morgan fingerprint density at radius 3 is 2.12 bits per heavy atom. The van der Waals surface area contributed by atoms with Crippen LogP contribution in [0, 0.1) is 0 Å². The van der Waals surface area contributed by atoms with Crippen molar-refractivity contribution in [2.24, 2.45) is 0 Å². The maximum Gasteiger partial charge on any atom is 0.193 e. The number of aliphatic hydroxyl groups is 1. The summed E-state index contributed by atoms with van der Waals surface area (Å²) in [6.07, 6.45) is 2.06. The van der Waals surface area contributed by atoms with Crippen molar-refractivity contribution in [1.82, 2.24) is 4.98 Å². The van der Waals surface area contributed by atoms with Crippen LogP contribution in [0.25, 0.3) is 0 Å². The van der Waals surface area contributed by atoms with Gasteiger partial charge in [-0.2, -0.15) is 0 Å². The highest BCUT2D eigenvalue weighted by atomic mass is 35.5. The van der Waals surface area contributed by atoms with Gasteiger partial charge in [0.25, 0.3) is 0 Å². The Hall–Kier alpha value is -0.913. The van der Waals surface area contributed by atoms with E-state index < -0.39 is 20.5 Å². The van der Waals surface area contributed by atoms with Crippen molar-refractivity contribution in [3.05, 3.63) is 63.9 Å². The second kappa shape index (κ2) is 7.76. The topological polar surface area (TPSA) is 42.4 Å². The standard InChI is InChI=1S/C19H25Cl2NO2Si/c1-19(2,3)25(4,5)24-18(13-8-10-22-11-9-13)17(23)14-6-7-15(20)16(21)12-14/h6-12,17-18,23H,1-5H3. The van der Waals surface area contributed by atoms with Gasteiger partial charge in [-0.1, -0.05) is 50.0 Å². The van der Waals surface area contributed by atoms with E-state index in [-0.39, 0.29) is 5.04 Å². The predicted molar refractivity (Wildman–Crippen MR) is 107 cm³/mol. The maximum atomic E-state index is 11.1. The summed E-state index contributed by atoms with van der Waals surface area (Å²) in [6.45, 7) is 10.9. The van der Waals surface area contributed by atoms with Crippen molar-refractivity contribution in [3.63, 3.8) is 0 Å². The van der Waals surface area contributed by atoms with Crippen molar-refractivity contribution < 1.29 is 9.53 Å². The van der Waals surface area contributed by atoms with E-state index in [0.29, 0.717) is 15.6 Å². The molecule has 0 amide bonds. The summed E-state index contributed by atoms with van der Waals surface area (Å²) >= 11 is 12.1. The van der Waals surface area contributed by atoms with Gasteiger partial charge in [-0.25, -0.2) is 0 Å². The molecule has 0 radical (unpaired) electrons. The molecule has 0 saturated carbocycles. The lowest BCUT2D eigenvalue weighted by atomic mass is 9.99. The van der Waals surface area contributed by atoms with Gasteiger partial charge in [0, 0.05) is 12.4 Å². The van der Waals surface area contributed by atoms with Crippen molar-refractivity contribution in [2.75, 3.05) is 0 Å². The predicted octanol–water partition coefficient (Wildman–Crippen LogP) is 6.18. The van der Waals surface area contributed by atoms with E-state index in [4.69, 9.17) is 27.6 Å². The zero-order chi connectivity index (χ0) is 18.8. The van der Waals surface area contributed by atoms with Crippen molar-refractivity contribution in [2.45, 2.75) is 51.1 Å². The molecule has 2 rings (SSSR count). The molecule has 1 aromatic heterocycles. The summed E-state index contributed by atoms with van der Waals surface area (Å²) in [7, 11) is -2.11. The van der Waals surface area contributed by atoms with Gasteiger partial charge in [-0.15, -0.1) is 0 Å². The highest BCUT2D eigenvalue weighted by molar-refractivity contribution is 6.74. The molecular formula is C19H25Cl2NO2Si. The molecule has 0 aliphatic heterocycles. The zero-order valence-corrected chi connectivity index (χ0v) is 17.8. The fraction of sp³-hybridized carbons (Fsp3) is 0.421. The van der Waals surface area contributed by atoms with Crippen LogP contribution in [-0.4, -0.2) is 18.4 Å². The summed E-state index contributed by atoms with van der Waals surface area (Å²) in [4.78, 5) is 4.07.